The monoisotopic (exact) mass is 450 g/mol. The van der Waals surface area contributed by atoms with Gasteiger partial charge in [0, 0.05) is 29.8 Å². The highest BCUT2D eigenvalue weighted by molar-refractivity contribution is 6.08. The maximum atomic E-state index is 13.4. The molecule has 3 amide bonds. The van der Waals surface area contributed by atoms with E-state index in [2.05, 4.69) is 0 Å². The largest absolute Gasteiger partial charge is 0.273 e. The molecular weight excluding hydrogens is 432 g/mol. The smallest absolute Gasteiger partial charge is 0.272 e. The van der Waals surface area contributed by atoms with E-state index in [1.54, 1.807) is 0 Å². The molecule has 2 aromatic carbocycles. The Morgan fingerprint density at radius 3 is 1.76 bits per heavy atom. The molecule has 11 nitrogen and oxygen atoms in total. The van der Waals surface area contributed by atoms with Crippen LogP contribution in [-0.4, -0.2) is 37.6 Å². The summed E-state index contributed by atoms with van der Waals surface area (Å²) in [6.07, 6.45) is 4.44. The number of amides is 3. The third kappa shape index (κ3) is 4.07. The fourth-order valence-corrected chi connectivity index (χ4v) is 4.02. The van der Waals surface area contributed by atoms with Crippen molar-refractivity contribution in [2.75, 3.05) is 0 Å². The zero-order valence-corrected chi connectivity index (χ0v) is 17.2. The van der Waals surface area contributed by atoms with E-state index in [-0.39, 0.29) is 23.5 Å². The van der Waals surface area contributed by atoms with Crippen molar-refractivity contribution < 1.29 is 24.2 Å². The van der Waals surface area contributed by atoms with E-state index in [4.69, 9.17) is 0 Å². The van der Waals surface area contributed by atoms with Crippen molar-refractivity contribution in [1.29, 1.82) is 0 Å². The predicted molar refractivity (Wildman–Crippen MR) is 113 cm³/mol. The summed E-state index contributed by atoms with van der Waals surface area (Å²) < 4.78 is 0. The van der Waals surface area contributed by atoms with E-state index in [1.807, 2.05) is 12.2 Å². The summed E-state index contributed by atoms with van der Waals surface area (Å²) in [6, 6.07) is 10.2. The van der Waals surface area contributed by atoms with E-state index >= 15 is 0 Å². The molecule has 4 rings (SSSR count). The molecule has 0 aromatic heterocycles. The first-order valence-electron chi connectivity index (χ1n) is 10.1. The normalized spacial score (nSPS) is 19.3. The second-order valence-electron chi connectivity index (χ2n) is 7.73. The van der Waals surface area contributed by atoms with Crippen molar-refractivity contribution >= 4 is 29.1 Å². The van der Waals surface area contributed by atoms with Crippen molar-refractivity contribution in [2.45, 2.75) is 19.4 Å². The Hall–Kier alpha value is -4.41. The molecular formula is C22H18N4O7. The summed E-state index contributed by atoms with van der Waals surface area (Å²) in [5.74, 6) is -2.81. The summed E-state index contributed by atoms with van der Waals surface area (Å²) in [7, 11) is 0. The molecule has 1 aliphatic heterocycles. The van der Waals surface area contributed by atoms with Crippen LogP contribution in [0.4, 0.5) is 11.4 Å². The van der Waals surface area contributed by atoms with E-state index in [1.165, 1.54) is 36.4 Å². The molecule has 1 aliphatic carbocycles. The molecule has 0 saturated carbocycles. The Balaban J connectivity index is 1.69. The number of nitro benzene ring substituents is 2. The number of hydrazine groups is 1. The molecule has 2 aliphatic rings. The first-order valence-corrected chi connectivity index (χ1v) is 10.1. The molecule has 0 spiro atoms. The zero-order chi connectivity index (χ0) is 23.7. The average molecular weight is 450 g/mol. The van der Waals surface area contributed by atoms with E-state index in [0.29, 0.717) is 18.4 Å². The van der Waals surface area contributed by atoms with Gasteiger partial charge >= 0.3 is 0 Å². The quantitative estimate of drug-likeness (QED) is 0.285. The van der Waals surface area contributed by atoms with Gasteiger partial charge in [0.1, 0.15) is 0 Å². The minimum atomic E-state index is -0.698. The highest BCUT2D eigenvalue weighted by Crippen LogP contribution is 2.36. The first kappa shape index (κ1) is 21.8. The van der Waals surface area contributed by atoms with Crippen molar-refractivity contribution in [3.63, 3.8) is 0 Å². The number of carbonyl (C=O) groups is 3. The van der Waals surface area contributed by atoms with Crippen LogP contribution in [-0.2, 0) is 16.1 Å². The summed E-state index contributed by atoms with van der Waals surface area (Å²) in [6.45, 7) is -0.196. The number of nitrogens with zero attached hydrogens (tertiary/aromatic N) is 4. The molecule has 0 unspecified atom stereocenters. The van der Waals surface area contributed by atoms with Crippen molar-refractivity contribution in [2.24, 2.45) is 11.8 Å². The van der Waals surface area contributed by atoms with Crippen LogP contribution in [0.5, 0.6) is 0 Å². The molecule has 0 radical (unpaired) electrons. The Morgan fingerprint density at radius 1 is 0.848 bits per heavy atom. The van der Waals surface area contributed by atoms with Crippen LogP contribution >= 0.6 is 0 Å². The van der Waals surface area contributed by atoms with Crippen LogP contribution in [0.2, 0.25) is 0 Å². The lowest BCUT2D eigenvalue weighted by atomic mass is 9.85. The Morgan fingerprint density at radius 2 is 1.30 bits per heavy atom. The zero-order valence-electron chi connectivity index (χ0n) is 17.2. The summed E-state index contributed by atoms with van der Waals surface area (Å²) in [5.41, 5.74) is 0.164. The van der Waals surface area contributed by atoms with Crippen molar-refractivity contribution in [3.8, 4) is 0 Å². The minimum absolute atomic E-state index is 0.0520. The topological polar surface area (TPSA) is 144 Å². The number of hydrogen-bond donors (Lipinski definition) is 0. The number of non-ortho nitro benzene ring substituents is 2. The van der Waals surface area contributed by atoms with Crippen LogP contribution < -0.4 is 0 Å². The Bertz CT molecular complexity index is 1150. The van der Waals surface area contributed by atoms with Crippen LogP contribution in [0.3, 0.4) is 0 Å². The molecule has 2 atom stereocenters. The summed E-state index contributed by atoms with van der Waals surface area (Å²) in [4.78, 5) is 60.3. The molecule has 1 fully saturated rings. The van der Waals surface area contributed by atoms with Crippen LogP contribution in [0.1, 0.15) is 28.8 Å². The highest BCUT2D eigenvalue weighted by atomic mass is 16.6. The van der Waals surface area contributed by atoms with Gasteiger partial charge in [0.2, 0.25) is 0 Å². The number of imide groups is 1. The molecule has 0 bridgehead atoms. The molecule has 33 heavy (non-hydrogen) atoms. The fourth-order valence-electron chi connectivity index (χ4n) is 4.02. The van der Waals surface area contributed by atoms with Gasteiger partial charge in [0.15, 0.2) is 0 Å². The van der Waals surface area contributed by atoms with Gasteiger partial charge in [-0.25, -0.2) is 5.01 Å². The van der Waals surface area contributed by atoms with Gasteiger partial charge in [-0.05, 0) is 30.5 Å². The van der Waals surface area contributed by atoms with Crippen molar-refractivity contribution in [1.82, 2.24) is 10.0 Å². The van der Waals surface area contributed by atoms with Gasteiger partial charge in [-0.3, -0.25) is 34.6 Å². The maximum absolute atomic E-state index is 13.4. The van der Waals surface area contributed by atoms with Gasteiger partial charge in [0.05, 0.1) is 28.2 Å². The Kier molecular flexibility index (Phi) is 5.69. The van der Waals surface area contributed by atoms with Gasteiger partial charge in [-0.15, -0.1) is 0 Å². The molecule has 2 aromatic rings. The molecule has 1 heterocycles. The van der Waals surface area contributed by atoms with Gasteiger partial charge in [-0.1, -0.05) is 24.3 Å². The number of benzene rings is 2. The third-order valence-corrected chi connectivity index (χ3v) is 5.76. The summed E-state index contributed by atoms with van der Waals surface area (Å²) in [5, 5.41) is 23.7. The lowest BCUT2D eigenvalue weighted by Gasteiger charge is -2.30. The van der Waals surface area contributed by atoms with Crippen LogP contribution in [0, 0.1) is 32.1 Å². The van der Waals surface area contributed by atoms with E-state index < -0.39 is 39.4 Å². The fraction of sp³-hybridized carbons (Fsp3) is 0.227. The Labute approximate surface area is 187 Å². The van der Waals surface area contributed by atoms with Crippen LogP contribution in [0.15, 0.2) is 60.7 Å². The van der Waals surface area contributed by atoms with Crippen LogP contribution in [0.25, 0.3) is 0 Å². The standard InChI is InChI=1S/C22H18N4O7/c27-20(15-7-11-17(12-8-15)26(32)33)23(13-14-5-9-16(10-6-14)25(30)31)24-21(28)18-3-1-2-4-19(18)22(24)29/h1-2,5-12,18-19H,3-4,13H2/t18-,19+. The van der Waals surface area contributed by atoms with Gasteiger partial charge in [-0.2, -0.15) is 5.01 Å². The highest BCUT2D eigenvalue weighted by Gasteiger charge is 2.50. The second-order valence-corrected chi connectivity index (χ2v) is 7.73. The lowest BCUT2D eigenvalue weighted by molar-refractivity contribution is -0.385. The molecule has 0 N–H and O–H groups in total. The van der Waals surface area contributed by atoms with E-state index in [0.717, 1.165) is 22.2 Å². The third-order valence-electron chi connectivity index (χ3n) is 5.76. The molecule has 11 heteroatoms. The SMILES string of the molecule is O=C(c1ccc([N+](=O)[O-])cc1)N(Cc1ccc([N+](=O)[O-])cc1)N1C(=O)[C@H]2CC=CC[C@H]2C1=O. The van der Waals surface area contributed by atoms with Gasteiger partial charge in [0.25, 0.3) is 29.1 Å². The molecule has 1 saturated heterocycles. The predicted octanol–water partition coefficient (Wildman–Crippen LogP) is 3.01. The number of carbonyl (C=O) groups excluding carboxylic acids is 3. The molecule has 168 valence electrons. The van der Waals surface area contributed by atoms with Gasteiger partial charge < -0.3 is 0 Å². The number of rotatable bonds is 6. The number of fused-ring (bicyclic) bond motifs is 1. The summed E-state index contributed by atoms with van der Waals surface area (Å²) >= 11 is 0. The van der Waals surface area contributed by atoms with E-state index in [9.17, 15) is 34.6 Å². The average Bonchev–Trinajstić information content (AvgIpc) is 3.07. The minimum Gasteiger partial charge on any atom is -0.272 e. The lowest BCUT2D eigenvalue weighted by Crippen LogP contribution is -2.49. The maximum Gasteiger partial charge on any atom is 0.273 e. The number of hydrogen-bond acceptors (Lipinski definition) is 7. The second kappa shape index (κ2) is 8.61. The van der Waals surface area contributed by atoms with Crippen molar-refractivity contribution in [3.05, 3.63) is 92.0 Å². The number of allylic oxidation sites excluding steroid dienone is 2. The first-order chi connectivity index (χ1) is 15.8. The number of nitro groups is 2.